The normalized spacial score (nSPS) is 16.5. The maximum atomic E-state index is 5.66. The molecule has 0 radical (unpaired) electrons. The molecule has 44 heavy (non-hydrogen) atoms. The van der Waals surface area contributed by atoms with Crippen molar-refractivity contribution in [2.24, 2.45) is 9.98 Å². The molecule has 5 rings (SSSR count). The van der Waals surface area contributed by atoms with Gasteiger partial charge in [0.25, 0.3) is 0 Å². The Balaban J connectivity index is 1.82. The zero-order chi connectivity index (χ0) is 31.4. The minimum Gasteiger partial charge on any atom is -0.491 e. The minimum atomic E-state index is 0.345. The average Bonchev–Trinajstić information content (AvgIpc) is 3.77. The summed E-state index contributed by atoms with van der Waals surface area (Å²) in [6, 6.07) is 0. The van der Waals surface area contributed by atoms with E-state index >= 15 is 0 Å². The monoisotopic (exact) mass is 598 g/mol. The zero-order valence-corrected chi connectivity index (χ0v) is 25.5. The first-order valence-electron chi connectivity index (χ1n) is 13.1. The highest BCUT2D eigenvalue weighted by Gasteiger charge is 2.27. The van der Waals surface area contributed by atoms with Gasteiger partial charge in [0.2, 0.25) is 0 Å². The Kier molecular flexibility index (Phi) is 8.44. The quantitative estimate of drug-likeness (QED) is 0.341. The summed E-state index contributed by atoms with van der Waals surface area (Å²) in [5.74, 6) is 9.54. The van der Waals surface area contributed by atoms with Crippen LogP contribution in [-0.4, -0.2) is 78.3 Å². The van der Waals surface area contributed by atoms with Gasteiger partial charge in [0, 0.05) is 0 Å². The second kappa shape index (κ2) is 12.5. The molecule has 5 heterocycles. The molecule has 0 aliphatic carbocycles. The van der Waals surface area contributed by atoms with Crippen LogP contribution in [0.1, 0.15) is 22.8 Å². The summed E-state index contributed by atoms with van der Waals surface area (Å²) in [5.41, 5.74) is 9.85. The van der Waals surface area contributed by atoms with E-state index in [0.717, 1.165) is 0 Å². The molecule has 8 bridgehead atoms. The van der Waals surface area contributed by atoms with Crippen molar-refractivity contribution in [2.45, 2.75) is 0 Å². The summed E-state index contributed by atoms with van der Waals surface area (Å²) in [6.45, 7) is 0. The van der Waals surface area contributed by atoms with E-state index in [-0.39, 0.29) is 0 Å². The number of nitrogens with one attached hydrogen (secondary N) is 2. The van der Waals surface area contributed by atoms with Gasteiger partial charge in [-0.25, -0.2) is 9.98 Å². The number of methoxy groups -OCH3 is 8. The molecule has 0 saturated heterocycles. The Morgan fingerprint density at radius 2 is 0.818 bits per heavy atom. The van der Waals surface area contributed by atoms with Gasteiger partial charge in [-0.1, -0.05) is 0 Å². The van der Waals surface area contributed by atoms with Gasteiger partial charge in [-0.05, 0) is 47.6 Å². The van der Waals surface area contributed by atoms with Crippen LogP contribution in [0.4, 0.5) is 0 Å². The van der Waals surface area contributed by atoms with Gasteiger partial charge in [0.15, 0.2) is 57.4 Å². The maximum Gasteiger partial charge on any atom is 0.197 e. The molecular weight excluding hydrogens is 568 g/mol. The lowest BCUT2D eigenvalue weighted by Crippen LogP contribution is -2.01. The van der Waals surface area contributed by atoms with Crippen LogP contribution in [0.25, 0.3) is 12.2 Å². The van der Waals surface area contributed by atoms with Crippen molar-refractivity contribution in [3.05, 3.63) is 80.8 Å². The molecule has 3 aliphatic rings. The van der Waals surface area contributed by atoms with E-state index in [1.807, 2.05) is 0 Å². The van der Waals surface area contributed by atoms with E-state index in [2.05, 4.69) is 43.3 Å². The fourth-order valence-electron chi connectivity index (χ4n) is 4.80. The number of ether oxygens (including phenoxy) is 8. The molecular formula is C32H30N4O8. The van der Waals surface area contributed by atoms with E-state index < -0.39 is 0 Å². The summed E-state index contributed by atoms with van der Waals surface area (Å²) in [7, 11) is 12.3. The predicted molar refractivity (Wildman–Crippen MR) is 163 cm³/mol. The van der Waals surface area contributed by atoms with E-state index in [4.69, 9.17) is 37.9 Å². The predicted octanol–water partition coefficient (Wildman–Crippen LogP) is 4.26. The van der Waals surface area contributed by atoms with Crippen LogP contribution < -0.4 is 18.9 Å². The van der Waals surface area contributed by atoms with Crippen LogP contribution in [-0.2, 0) is 18.9 Å². The van der Waals surface area contributed by atoms with Gasteiger partial charge >= 0.3 is 0 Å². The molecule has 0 atom stereocenters. The van der Waals surface area contributed by atoms with Crippen molar-refractivity contribution >= 4 is 23.6 Å². The first kappa shape index (κ1) is 29.6. The Labute approximate surface area is 254 Å². The number of hydrogen-bond donors (Lipinski definition) is 2. The topological polar surface area (TPSA) is 130 Å². The lowest BCUT2D eigenvalue weighted by atomic mass is 10.2. The van der Waals surface area contributed by atoms with Gasteiger partial charge in [0.05, 0.1) is 68.3 Å². The number of nitrogens with zero attached hydrogens (tertiary/aromatic N) is 2. The zero-order valence-electron chi connectivity index (χ0n) is 25.5. The van der Waals surface area contributed by atoms with Gasteiger partial charge in [-0.15, -0.1) is 0 Å². The third-order valence-corrected chi connectivity index (χ3v) is 6.71. The van der Waals surface area contributed by atoms with Crippen LogP contribution in [0.15, 0.2) is 68.0 Å². The third kappa shape index (κ3) is 5.03. The molecule has 0 unspecified atom stereocenters. The SMILES string of the molecule is COC1=C(OC)C2=NC1=C=C=C1N=C(/C=C\c3[nH]c(c(OC)c3OC)C#Cc3[nH]c(c(OC)c3OC)/C=C\2)C(OC)=C1OC. The van der Waals surface area contributed by atoms with E-state index in [9.17, 15) is 0 Å². The number of aliphatic imine (C=N–C) groups is 2. The summed E-state index contributed by atoms with van der Waals surface area (Å²) >= 11 is 0. The third-order valence-electron chi connectivity index (χ3n) is 6.71. The number of hydrogen-bond acceptors (Lipinski definition) is 10. The summed E-state index contributed by atoms with van der Waals surface area (Å²) < 4.78 is 45.1. The maximum absolute atomic E-state index is 5.66. The van der Waals surface area contributed by atoms with Crippen molar-refractivity contribution in [1.82, 2.24) is 9.97 Å². The molecule has 3 aliphatic heterocycles. The fraction of sp³-hybridized carbons (Fsp3) is 0.250. The first-order valence-corrected chi connectivity index (χ1v) is 13.1. The molecule has 226 valence electrons. The molecule has 12 heteroatoms. The number of aromatic amines is 2. The minimum absolute atomic E-state index is 0.345. The smallest absolute Gasteiger partial charge is 0.197 e. The van der Waals surface area contributed by atoms with Crippen molar-refractivity contribution in [2.75, 3.05) is 56.9 Å². The van der Waals surface area contributed by atoms with Crippen molar-refractivity contribution in [1.29, 1.82) is 0 Å². The van der Waals surface area contributed by atoms with Gasteiger partial charge < -0.3 is 47.9 Å². The van der Waals surface area contributed by atoms with Crippen LogP contribution in [0.3, 0.4) is 0 Å². The second-order valence-electron chi connectivity index (χ2n) is 8.95. The number of aromatic nitrogens is 2. The fourth-order valence-corrected chi connectivity index (χ4v) is 4.80. The summed E-state index contributed by atoms with van der Waals surface area (Å²) in [4.78, 5) is 15.8. The molecule has 2 aromatic rings. The standard InChI is InChI=1S/C32H30N4O8/c1-37-25-17-9-10-19-27(39-3)29(41-5)21(34-19)13-14-23-31(43-7)32(44-8)24(36-23)16-15-22-30(42-6)28(40-4)20(35-22)12-11-18(33-17)26(25)38-2/h9-10,15-16,33,35H,1-8H3/b10-9-,16-15-,17-9?,19-10?,22-15?,24-16?. The molecule has 2 aromatic heterocycles. The van der Waals surface area contributed by atoms with Crippen LogP contribution in [0, 0.1) is 11.8 Å². The highest BCUT2D eigenvalue weighted by Crippen LogP contribution is 2.38. The van der Waals surface area contributed by atoms with Crippen molar-refractivity contribution in [3.8, 4) is 34.8 Å². The largest absolute Gasteiger partial charge is 0.491 e. The Hall–Kier alpha value is -5.88. The summed E-state index contributed by atoms with van der Waals surface area (Å²) in [5, 5.41) is 0. The average molecular weight is 599 g/mol. The summed E-state index contributed by atoms with van der Waals surface area (Å²) in [6.07, 6.45) is 7.03. The molecule has 2 N–H and O–H groups in total. The molecule has 12 nitrogen and oxygen atoms in total. The van der Waals surface area contributed by atoms with Crippen molar-refractivity contribution < 1.29 is 37.9 Å². The van der Waals surface area contributed by atoms with Gasteiger partial charge in [0.1, 0.15) is 22.8 Å². The number of H-pyrrole nitrogens is 2. The Morgan fingerprint density at radius 3 is 1.14 bits per heavy atom. The first-order chi connectivity index (χ1) is 21.5. The molecule has 0 aromatic carbocycles. The van der Waals surface area contributed by atoms with Crippen LogP contribution >= 0.6 is 0 Å². The lowest BCUT2D eigenvalue weighted by Gasteiger charge is -2.05. The van der Waals surface area contributed by atoms with E-state index in [0.29, 0.717) is 91.6 Å². The lowest BCUT2D eigenvalue weighted by molar-refractivity contribution is 0.247. The number of rotatable bonds is 8. The van der Waals surface area contributed by atoms with Crippen LogP contribution in [0.5, 0.6) is 23.0 Å². The molecule has 0 spiro atoms. The highest BCUT2D eigenvalue weighted by atomic mass is 16.5. The number of fused-ring (bicyclic) bond motifs is 6. The number of allylic oxidation sites excluding steroid dienone is 2. The van der Waals surface area contributed by atoms with E-state index in [1.165, 1.54) is 42.7 Å². The molecule has 0 fully saturated rings. The van der Waals surface area contributed by atoms with Gasteiger partial charge in [-0.2, -0.15) is 0 Å². The highest BCUT2D eigenvalue weighted by molar-refractivity contribution is 6.13. The molecule has 0 amide bonds. The van der Waals surface area contributed by atoms with Gasteiger partial charge in [-0.3, -0.25) is 0 Å². The molecule has 0 saturated carbocycles. The van der Waals surface area contributed by atoms with Crippen molar-refractivity contribution in [3.63, 3.8) is 0 Å². The van der Waals surface area contributed by atoms with Crippen LogP contribution in [0.2, 0.25) is 0 Å². The van der Waals surface area contributed by atoms with E-state index in [1.54, 1.807) is 38.5 Å². The Bertz CT molecular complexity index is 1740. The Morgan fingerprint density at radius 1 is 0.455 bits per heavy atom. The second-order valence-corrected chi connectivity index (χ2v) is 8.95.